The molecule has 0 unspecified atom stereocenters. The highest BCUT2D eigenvalue weighted by Crippen LogP contribution is 2.45. The van der Waals surface area contributed by atoms with Crippen LogP contribution in [-0.4, -0.2) is 12.5 Å². The zero-order valence-corrected chi connectivity index (χ0v) is 19.7. The van der Waals surface area contributed by atoms with Gasteiger partial charge in [0.25, 0.3) is 0 Å². The summed E-state index contributed by atoms with van der Waals surface area (Å²) in [6.07, 6.45) is 4.37. The molecule has 0 N–H and O–H groups in total. The third-order valence-electron chi connectivity index (χ3n) is 5.59. The van der Waals surface area contributed by atoms with Gasteiger partial charge in [0, 0.05) is 19.6 Å². The van der Waals surface area contributed by atoms with E-state index in [-0.39, 0.29) is 0 Å². The van der Waals surface area contributed by atoms with Crippen molar-refractivity contribution in [1.29, 1.82) is 0 Å². The van der Waals surface area contributed by atoms with Gasteiger partial charge in [0.05, 0.1) is 0 Å². The molecule has 0 atom stereocenters. The zero-order valence-electron chi connectivity index (χ0n) is 17.2. The SMILES string of the molecule is CSc1c(C)c(C)c(Sc2c(C)c(C)c(SC)c(C)c2C)c(C)c1C. The molecule has 0 amide bonds. The Kier molecular flexibility index (Phi) is 6.67. The third-order valence-corrected chi connectivity index (χ3v) is 9.26. The smallest absolute Gasteiger partial charge is 0.0187 e. The van der Waals surface area contributed by atoms with Crippen LogP contribution in [-0.2, 0) is 0 Å². The fourth-order valence-corrected chi connectivity index (χ4v) is 6.77. The van der Waals surface area contributed by atoms with Gasteiger partial charge in [-0.25, -0.2) is 0 Å². The van der Waals surface area contributed by atoms with Crippen LogP contribution >= 0.6 is 35.3 Å². The van der Waals surface area contributed by atoms with Crippen molar-refractivity contribution in [2.45, 2.75) is 75.0 Å². The molecule has 0 aliphatic rings. The number of hydrogen-bond donors (Lipinski definition) is 0. The lowest BCUT2D eigenvalue weighted by atomic mass is 10.0. The first kappa shape index (κ1) is 20.8. The molecule has 136 valence electrons. The second-order valence-corrected chi connectivity index (χ2v) is 9.48. The number of rotatable bonds is 4. The molecule has 0 bridgehead atoms. The molecule has 3 heteroatoms. The molecule has 0 saturated heterocycles. The number of thioether (sulfide) groups is 2. The summed E-state index contributed by atoms with van der Waals surface area (Å²) in [5.41, 5.74) is 11.5. The van der Waals surface area contributed by atoms with Crippen molar-refractivity contribution in [3.63, 3.8) is 0 Å². The molecule has 0 saturated carbocycles. The van der Waals surface area contributed by atoms with Gasteiger partial charge in [0.2, 0.25) is 0 Å². The van der Waals surface area contributed by atoms with Crippen LogP contribution < -0.4 is 0 Å². The second kappa shape index (κ2) is 8.02. The maximum Gasteiger partial charge on any atom is 0.0187 e. The Balaban J connectivity index is 2.70. The van der Waals surface area contributed by atoms with Crippen LogP contribution in [0.15, 0.2) is 19.6 Å². The fraction of sp³-hybridized carbons (Fsp3) is 0.455. The normalized spacial score (nSPS) is 11.3. The lowest BCUT2D eigenvalue weighted by molar-refractivity contribution is 1.04. The van der Waals surface area contributed by atoms with Crippen LogP contribution in [0.5, 0.6) is 0 Å². The van der Waals surface area contributed by atoms with E-state index in [4.69, 9.17) is 0 Å². The molecule has 0 spiro atoms. The van der Waals surface area contributed by atoms with Gasteiger partial charge in [0.1, 0.15) is 0 Å². The van der Waals surface area contributed by atoms with Gasteiger partial charge < -0.3 is 0 Å². The van der Waals surface area contributed by atoms with Gasteiger partial charge in [-0.05, 0) is 112 Å². The van der Waals surface area contributed by atoms with Gasteiger partial charge in [-0.15, -0.1) is 23.5 Å². The minimum absolute atomic E-state index is 1.43. The number of hydrogen-bond acceptors (Lipinski definition) is 3. The zero-order chi connectivity index (χ0) is 19.0. The summed E-state index contributed by atoms with van der Waals surface area (Å²) in [6.45, 7) is 18.2. The average Bonchev–Trinajstić information content (AvgIpc) is 2.59. The van der Waals surface area contributed by atoms with E-state index >= 15 is 0 Å². The maximum absolute atomic E-state index is 2.28. The summed E-state index contributed by atoms with van der Waals surface area (Å²) in [4.78, 5) is 5.76. The molecular weight excluding hydrogens is 360 g/mol. The Morgan fingerprint density at radius 2 is 0.560 bits per heavy atom. The highest BCUT2D eigenvalue weighted by Gasteiger charge is 2.19. The molecule has 2 aromatic rings. The van der Waals surface area contributed by atoms with E-state index in [1.54, 1.807) is 0 Å². The summed E-state index contributed by atoms with van der Waals surface area (Å²) < 4.78 is 0. The topological polar surface area (TPSA) is 0 Å². The van der Waals surface area contributed by atoms with E-state index in [1.807, 2.05) is 35.3 Å². The monoisotopic (exact) mass is 390 g/mol. The van der Waals surface area contributed by atoms with E-state index in [9.17, 15) is 0 Å². The van der Waals surface area contributed by atoms with Crippen LogP contribution in [0, 0.1) is 55.4 Å². The Hall–Kier alpha value is -0.510. The second-order valence-electron chi connectivity index (χ2n) is 6.83. The highest BCUT2D eigenvalue weighted by molar-refractivity contribution is 8.00. The molecule has 2 aromatic carbocycles. The van der Waals surface area contributed by atoms with E-state index in [0.29, 0.717) is 0 Å². The molecule has 0 aromatic heterocycles. The summed E-state index contributed by atoms with van der Waals surface area (Å²) in [5.74, 6) is 0. The third kappa shape index (κ3) is 3.52. The van der Waals surface area contributed by atoms with E-state index in [0.717, 1.165) is 0 Å². The largest absolute Gasteiger partial charge is 0.129 e. The van der Waals surface area contributed by atoms with Crippen LogP contribution in [0.2, 0.25) is 0 Å². The first-order chi connectivity index (χ1) is 11.7. The Morgan fingerprint density at radius 3 is 0.760 bits per heavy atom. The summed E-state index contributed by atoms with van der Waals surface area (Å²) in [6, 6.07) is 0. The van der Waals surface area contributed by atoms with Crippen LogP contribution in [0.1, 0.15) is 44.5 Å². The Bertz CT molecular complexity index is 705. The Labute approximate surface area is 167 Å². The molecule has 0 aliphatic carbocycles. The van der Waals surface area contributed by atoms with E-state index in [2.05, 4.69) is 67.9 Å². The van der Waals surface area contributed by atoms with Crippen LogP contribution in [0.4, 0.5) is 0 Å². The maximum atomic E-state index is 2.28. The first-order valence-corrected chi connectivity index (χ1v) is 11.9. The van der Waals surface area contributed by atoms with E-state index in [1.165, 1.54) is 64.1 Å². The van der Waals surface area contributed by atoms with Crippen molar-refractivity contribution in [2.75, 3.05) is 12.5 Å². The predicted molar refractivity (Wildman–Crippen MR) is 118 cm³/mol. The summed E-state index contributed by atoms with van der Waals surface area (Å²) in [7, 11) is 0. The van der Waals surface area contributed by atoms with Crippen molar-refractivity contribution in [3.05, 3.63) is 44.5 Å². The summed E-state index contributed by atoms with van der Waals surface area (Å²) in [5, 5.41) is 0. The van der Waals surface area contributed by atoms with Gasteiger partial charge in [-0.1, -0.05) is 11.8 Å². The van der Waals surface area contributed by atoms with Gasteiger partial charge in [0.15, 0.2) is 0 Å². The average molecular weight is 391 g/mol. The highest BCUT2D eigenvalue weighted by atomic mass is 32.2. The van der Waals surface area contributed by atoms with Crippen molar-refractivity contribution in [1.82, 2.24) is 0 Å². The van der Waals surface area contributed by atoms with Crippen molar-refractivity contribution in [3.8, 4) is 0 Å². The lowest BCUT2D eigenvalue weighted by Gasteiger charge is -2.23. The van der Waals surface area contributed by atoms with E-state index < -0.39 is 0 Å². The van der Waals surface area contributed by atoms with Gasteiger partial charge in [-0.3, -0.25) is 0 Å². The molecular formula is C22H30S3. The van der Waals surface area contributed by atoms with Crippen LogP contribution in [0.25, 0.3) is 0 Å². The Morgan fingerprint density at radius 1 is 0.360 bits per heavy atom. The van der Waals surface area contributed by atoms with Crippen molar-refractivity contribution < 1.29 is 0 Å². The number of benzene rings is 2. The molecule has 25 heavy (non-hydrogen) atoms. The first-order valence-electron chi connectivity index (χ1n) is 8.63. The summed E-state index contributed by atoms with van der Waals surface area (Å²) >= 11 is 5.71. The molecule has 0 nitrogen and oxygen atoms in total. The van der Waals surface area contributed by atoms with Crippen molar-refractivity contribution >= 4 is 35.3 Å². The molecule has 2 rings (SSSR count). The molecule has 0 fully saturated rings. The fourth-order valence-electron chi connectivity index (χ4n) is 3.51. The minimum Gasteiger partial charge on any atom is -0.129 e. The lowest BCUT2D eigenvalue weighted by Crippen LogP contribution is -2.01. The van der Waals surface area contributed by atoms with Crippen LogP contribution in [0.3, 0.4) is 0 Å². The quantitative estimate of drug-likeness (QED) is 0.490. The van der Waals surface area contributed by atoms with Gasteiger partial charge in [-0.2, -0.15) is 0 Å². The predicted octanol–water partition coefficient (Wildman–Crippen LogP) is 7.75. The minimum atomic E-state index is 1.43. The van der Waals surface area contributed by atoms with Crippen molar-refractivity contribution in [2.24, 2.45) is 0 Å². The standard InChI is InChI=1S/C22H30S3/c1-11-15(5)21(16(6)12(2)19(11)23-9)25-22-17(7)13(3)20(24-10)14(4)18(22)8/h1-10H3. The molecule has 0 aliphatic heterocycles. The van der Waals surface area contributed by atoms with Gasteiger partial charge >= 0.3 is 0 Å². The molecule has 0 radical (unpaired) electrons. The molecule has 0 heterocycles.